The molecule has 1 amide bonds. The van der Waals surface area contributed by atoms with Crippen LogP contribution in [0.2, 0.25) is 0 Å². The van der Waals surface area contributed by atoms with Crippen molar-refractivity contribution < 1.29 is 23.1 Å². The molecule has 1 saturated heterocycles. The van der Waals surface area contributed by atoms with Crippen LogP contribution in [-0.2, 0) is 0 Å². The third-order valence-corrected chi connectivity index (χ3v) is 5.50. The number of carbonyl (C=O) groups excluding carboxylic acids is 1. The van der Waals surface area contributed by atoms with Crippen molar-refractivity contribution in [2.24, 2.45) is 0 Å². The molecular formula is C21H21F3N4O2. The molecule has 4 rings (SSSR count). The van der Waals surface area contributed by atoms with E-state index in [-0.39, 0.29) is 17.7 Å². The van der Waals surface area contributed by atoms with E-state index in [1.54, 1.807) is 24.4 Å². The summed E-state index contributed by atoms with van der Waals surface area (Å²) in [5, 5.41) is 16.6. The number of fused-ring (bicyclic) bond motifs is 1. The largest absolute Gasteiger partial charge is 0.387 e. The van der Waals surface area contributed by atoms with E-state index in [1.807, 2.05) is 0 Å². The number of hydrogen-bond acceptors (Lipinski definition) is 4. The molecule has 158 valence electrons. The predicted octanol–water partition coefficient (Wildman–Crippen LogP) is 3.18. The molecule has 30 heavy (non-hydrogen) atoms. The number of nitrogens with zero attached hydrogens (tertiary/aromatic N) is 3. The molecular weight excluding hydrogens is 397 g/mol. The zero-order valence-corrected chi connectivity index (χ0v) is 16.2. The summed E-state index contributed by atoms with van der Waals surface area (Å²) in [6.45, 7) is 1.35. The second-order valence-electron chi connectivity index (χ2n) is 7.41. The predicted molar refractivity (Wildman–Crippen MR) is 103 cm³/mol. The van der Waals surface area contributed by atoms with E-state index < -0.39 is 35.6 Å². The smallest absolute Gasteiger partial charge is 0.266 e. The first-order chi connectivity index (χ1) is 14.3. The SMILES string of the molecule is C[C@H](O)C(F)(NC(=O)c1cnn2ccccc12)N1CCC[C@@H]1c1cc(F)ccc1F. The molecule has 0 radical (unpaired) electrons. The van der Waals surface area contributed by atoms with E-state index in [1.165, 1.54) is 22.5 Å². The Labute approximate surface area is 170 Å². The lowest BCUT2D eigenvalue weighted by atomic mass is 10.0. The highest BCUT2D eigenvalue weighted by Gasteiger charge is 2.49. The summed E-state index contributed by atoms with van der Waals surface area (Å²) in [6, 6.07) is 7.26. The van der Waals surface area contributed by atoms with Gasteiger partial charge in [0.05, 0.1) is 17.3 Å². The van der Waals surface area contributed by atoms with Crippen LogP contribution < -0.4 is 5.32 Å². The minimum absolute atomic E-state index is 0.0135. The number of aromatic nitrogens is 2. The number of aliphatic hydroxyl groups excluding tert-OH is 1. The highest BCUT2D eigenvalue weighted by atomic mass is 19.2. The maximum absolute atomic E-state index is 16.1. The van der Waals surface area contributed by atoms with Gasteiger partial charge in [0.2, 0.25) is 0 Å². The molecule has 0 aliphatic carbocycles. The fourth-order valence-electron chi connectivity index (χ4n) is 4.00. The topological polar surface area (TPSA) is 69.9 Å². The second kappa shape index (κ2) is 7.73. The molecule has 1 aliphatic heterocycles. The molecule has 0 saturated carbocycles. The van der Waals surface area contributed by atoms with Crippen LogP contribution in [0.25, 0.3) is 5.52 Å². The summed E-state index contributed by atoms with van der Waals surface area (Å²) in [4.78, 5) is 14.1. The van der Waals surface area contributed by atoms with Crippen molar-refractivity contribution >= 4 is 11.4 Å². The van der Waals surface area contributed by atoms with Gasteiger partial charge in [0, 0.05) is 24.3 Å². The van der Waals surface area contributed by atoms with Gasteiger partial charge < -0.3 is 10.4 Å². The summed E-state index contributed by atoms with van der Waals surface area (Å²) >= 11 is 0. The molecule has 1 unspecified atom stereocenters. The van der Waals surface area contributed by atoms with Gasteiger partial charge in [-0.05, 0) is 50.1 Å². The Morgan fingerprint density at radius 2 is 2.13 bits per heavy atom. The third-order valence-electron chi connectivity index (χ3n) is 5.50. The van der Waals surface area contributed by atoms with Crippen LogP contribution in [0.4, 0.5) is 13.2 Å². The van der Waals surface area contributed by atoms with Crippen molar-refractivity contribution in [1.29, 1.82) is 0 Å². The number of nitrogens with one attached hydrogen (secondary N) is 1. The Bertz CT molecular complexity index is 1090. The molecule has 1 aromatic carbocycles. The first-order valence-electron chi connectivity index (χ1n) is 9.65. The molecule has 2 aromatic heterocycles. The Kier molecular flexibility index (Phi) is 5.25. The van der Waals surface area contributed by atoms with Gasteiger partial charge in [-0.3, -0.25) is 4.79 Å². The lowest BCUT2D eigenvalue weighted by Gasteiger charge is -2.41. The molecule has 3 aromatic rings. The molecule has 2 N–H and O–H groups in total. The summed E-state index contributed by atoms with van der Waals surface area (Å²) in [6.07, 6.45) is 2.16. The molecule has 3 atom stereocenters. The number of amides is 1. The van der Waals surface area contributed by atoms with E-state index in [0.29, 0.717) is 18.4 Å². The van der Waals surface area contributed by atoms with Crippen LogP contribution in [0.1, 0.15) is 41.7 Å². The van der Waals surface area contributed by atoms with Crippen LogP contribution >= 0.6 is 0 Å². The zero-order chi connectivity index (χ0) is 21.5. The minimum Gasteiger partial charge on any atom is -0.387 e. The molecule has 0 bridgehead atoms. The van der Waals surface area contributed by atoms with Gasteiger partial charge >= 0.3 is 0 Å². The number of rotatable bonds is 5. The normalized spacial score (nSPS) is 20.2. The molecule has 3 heterocycles. The highest BCUT2D eigenvalue weighted by molar-refractivity contribution is 6.00. The van der Waals surface area contributed by atoms with Crippen LogP contribution in [0.3, 0.4) is 0 Å². The first-order valence-corrected chi connectivity index (χ1v) is 9.65. The first kappa shape index (κ1) is 20.4. The third kappa shape index (κ3) is 3.44. The fourth-order valence-corrected chi connectivity index (χ4v) is 4.00. The molecule has 0 spiro atoms. The Morgan fingerprint density at radius 1 is 1.33 bits per heavy atom. The van der Waals surface area contributed by atoms with Crippen molar-refractivity contribution in [3.63, 3.8) is 0 Å². The lowest BCUT2D eigenvalue weighted by Crippen LogP contribution is -2.63. The van der Waals surface area contributed by atoms with Crippen LogP contribution in [-0.4, -0.2) is 44.1 Å². The molecule has 1 aliphatic rings. The highest BCUT2D eigenvalue weighted by Crippen LogP contribution is 2.40. The maximum Gasteiger partial charge on any atom is 0.266 e. The van der Waals surface area contributed by atoms with Gasteiger partial charge in [-0.1, -0.05) is 6.07 Å². The van der Waals surface area contributed by atoms with Crippen molar-refractivity contribution in [1.82, 2.24) is 19.8 Å². The number of likely N-dealkylation sites (tertiary alicyclic amines) is 1. The summed E-state index contributed by atoms with van der Waals surface area (Å²) in [5.41, 5.74) is 0.587. The van der Waals surface area contributed by atoms with Gasteiger partial charge in [0.25, 0.3) is 11.8 Å². The number of hydrogen-bond donors (Lipinski definition) is 2. The summed E-state index contributed by atoms with van der Waals surface area (Å²) in [7, 11) is 0. The molecule has 1 fully saturated rings. The van der Waals surface area contributed by atoms with Gasteiger partial charge in [-0.15, -0.1) is 0 Å². The zero-order valence-electron chi connectivity index (χ0n) is 16.2. The lowest BCUT2D eigenvalue weighted by molar-refractivity contribution is -0.139. The van der Waals surface area contributed by atoms with Crippen molar-refractivity contribution in [2.75, 3.05) is 6.54 Å². The average molecular weight is 418 g/mol. The number of alkyl halides is 1. The number of carbonyl (C=O) groups is 1. The van der Waals surface area contributed by atoms with E-state index in [9.17, 15) is 18.7 Å². The number of pyridine rings is 1. The van der Waals surface area contributed by atoms with E-state index in [4.69, 9.17) is 0 Å². The molecule has 6 nitrogen and oxygen atoms in total. The quantitative estimate of drug-likeness (QED) is 0.625. The van der Waals surface area contributed by atoms with Gasteiger partial charge in [-0.25, -0.2) is 18.2 Å². The van der Waals surface area contributed by atoms with Crippen LogP contribution in [0, 0.1) is 11.6 Å². The van der Waals surface area contributed by atoms with Gasteiger partial charge in [0.15, 0.2) is 0 Å². The van der Waals surface area contributed by atoms with Crippen molar-refractivity contribution in [3.05, 3.63) is 71.6 Å². The summed E-state index contributed by atoms with van der Waals surface area (Å²) in [5.74, 6) is -4.78. The van der Waals surface area contributed by atoms with E-state index >= 15 is 4.39 Å². The maximum atomic E-state index is 16.1. The van der Waals surface area contributed by atoms with E-state index in [2.05, 4.69) is 10.4 Å². The number of aliphatic hydroxyl groups is 1. The van der Waals surface area contributed by atoms with Crippen molar-refractivity contribution in [3.8, 4) is 0 Å². The second-order valence-corrected chi connectivity index (χ2v) is 7.41. The summed E-state index contributed by atoms with van der Waals surface area (Å²) < 4.78 is 45.7. The molecule has 9 heteroatoms. The monoisotopic (exact) mass is 418 g/mol. The Morgan fingerprint density at radius 3 is 2.90 bits per heavy atom. The minimum atomic E-state index is -2.69. The number of halogens is 3. The fraction of sp³-hybridized carbons (Fsp3) is 0.333. The van der Waals surface area contributed by atoms with Gasteiger partial charge in [0.1, 0.15) is 17.7 Å². The van der Waals surface area contributed by atoms with Crippen LogP contribution in [0.15, 0.2) is 48.8 Å². The standard InChI is InChI=1S/C21H21F3N4O2/c1-13(29)21(24,26-20(30)16-12-25-28-10-3-2-5-19(16)28)27-9-4-6-18(27)15-11-14(22)7-8-17(15)23/h2-3,5,7-8,10-13,18,29H,4,6,9H2,1H3,(H,26,30)/t13-,18+,21?/m0/s1. The average Bonchev–Trinajstić information content (AvgIpc) is 3.37. The van der Waals surface area contributed by atoms with Gasteiger partial charge in [-0.2, -0.15) is 9.49 Å². The number of benzene rings is 1. The van der Waals surface area contributed by atoms with E-state index in [0.717, 1.165) is 18.2 Å². The Hall–Kier alpha value is -2.91. The van der Waals surface area contributed by atoms with Crippen LogP contribution in [0.5, 0.6) is 0 Å². The van der Waals surface area contributed by atoms with Crippen molar-refractivity contribution in [2.45, 2.75) is 37.8 Å². The Balaban J connectivity index is 1.68.